The van der Waals surface area contributed by atoms with Crippen molar-refractivity contribution in [2.24, 2.45) is 0 Å². The lowest BCUT2D eigenvalue weighted by atomic mass is 10.1. The molecule has 2 heterocycles. The Morgan fingerprint density at radius 1 is 1.10 bits per heavy atom. The number of nitrogens with zero attached hydrogens (tertiary/aromatic N) is 4. The Morgan fingerprint density at radius 2 is 1.90 bits per heavy atom. The Hall–Kier alpha value is -3.43. The molecule has 150 valence electrons. The van der Waals surface area contributed by atoms with E-state index in [0.717, 1.165) is 23.1 Å². The molecular weight excluding hydrogens is 370 g/mol. The van der Waals surface area contributed by atoms with E-state index < -0.39 is 6.10 Å². The number of aliphatic hydroxyl groups is 1. The monoisotopic (exact) mass is 393 g/mol. The lowest BCUT2D eigenvalue weighted by Gasteiger charge is -2.15. The van der Waals surface area contributed by atoms with Crippen LogP contribution in [-0.4, -0.2) is 45.1 Å². The molecule has 0 aliphatic rings. The molecule has 4 aromatic rings. The number of nitrogen functional groups attached to an aromatic ring is 1. The summed E-state index contributed by atoms with van der Waals surface area (Å²) in [6.45, 7) is 1.72. The number of fused-ring (bicyclic) bond motifs is 1. The molecule has 4 rings (SSSR count). The van der Waals surface area contributed by atoms with Crippen molar-refractivity contribution < 1.29 is 9.74 Å². The summed E-state index contributed by atoms with van der Waals surface area (Å²) in [6.07, 6.45) is -0.743. The summed E-state index contributed by atoms with van der Waals surface area (Å²) < 4.78 is 6.90. The van der Waals surface area contributed by atoms with E-state index in [-0.39, 0.29) is 0 Å². The van der Waals surface area contributed by atoms with E-state index >= 15 is 0 Å². The van der Waals surface area contributed by atoms with Crippen molar-refractivity contribution in [2.75, 3.05) is 31.2 Å². The molecule has 0 saturated carbocycles. The van der Waals surface area contributed by atoms with Gasteiger partial charge in [0.1, 0.15) is 0 Å². The fourth-order valence-electron chi connectivity index (χ4n) is 3.19. The molecule has 0 amide bonds. The van der Waals surface area contributed by atoms with E-state index in [1.54, 1.807) is 12.1 Å². The van der Waals surface area contributed by atoms with Gasteiger partial charge in [-0.2, -0.15) is 0 Å². The van der Waals surface area contributed by atoms with Gasteiger partial charge in [0.2, 0.25) is 5.82 Å². The topological polar surface area (TPSA) is 127 Å². The first kappa shape index (κ1) is 18.9. The van der Waals surface area contributed by atoms with E-state index in [9.17, 15) is 5.11 Å². The number of imidazole rings is 1. The van der Waals surface area contributed by atoms with Gasteiger partial charge in [0.25, 0.3) is 0 Å². The third-order valence-electron chi connectivity index (χ3n) is 4.70. The van der Waals surface area contributed by atoms with E-state index in [0.29, 0.717) is 36.1 Å². The molecule has 9 nitrogen and oxygen atoms in total. The van der Waals surface area contributed by atoms with Gasteiger partial charge in [-0.15, -0.1) is 0 Å². The van der Waals surface area contributed by atoms with Crippen LogP contribution < -0.4 is 16.4 Å². The lowest BCUT2D eigenvalue weighted by Crippen LogP contribution is -2.18. The van der Waals surface area contributed by atoms with Crippen LogP contribution in [0.2, 0.25) is 0 Å². The zero-order valence-corrected chi connectivity index (χ0v) is 16.0. The minimum absolute atomic E-state index is 0.294. The van der Waals surface area contributed by atoms with Crippen LogP contribution in [0.25, 0.3) is 22.6 Å². The number of anilines is 2. The van der Waals surface area contributed by atoms with E-state index in [2.05, 4.69) is 20.9 Å². The fraction of sp³-hybridized carbons (Fsp3) is 0.250. The van der Waals surface area contributed by atoms with Gasteiger partial charge in [-0.05, 0) is 47.2 Å². The highest BCUT2D eigenvalue weighted by Crippen LogP contribution is 2.30. The van der Waals surface area contributed by atoms with Gasteiger partial charge in [-0.25, -0.2) is 9.61 Å². The SMILES string of the molecule is CNCCNc1nonc1-c1nc2ccccc2n1CC(O)c1ccc(N)cc1. The molecule has 0 saturated heterocycles. The zero-order valence-electron chi connectivity index (χ0n) is 16.0. The number of aromatic nitrogens is 4. The van der Waals surface area contributed by atoms with Crippen molar-refractivity contribution in [3.05, 3.63) is 54.1 Å². The molecule has 9 heteroatoms. The molecule has 2 aromatic carbocycles. The summed E-state index contributed by atoms with van der Waals surface area (Å²) in [4.78, 5) is 4.72. The normalized spacial score (nSPS) is 12.3. The van der Waals surface area contributed by atoms with Crippen molar-refractivity contribution in [3.63, 3.8) is 0 Å². The molecule has 5 N–H and O–H groups in total. The second-order valence-electron chi connectivity index (χ2n) is 6.71. The number of aliphatic hydroxyl groups excluding tert-OH is 1. The van der Waals surface area contributed by atoms with Crippen LogP contribution >= 0.6 is 0 Å². The van der Waals surface area contributed by atoms with Crippen molar-refractivity contribution in [3.8, 4) is 11.5 Å². The number of nitrogens with one attached hydrogen (secondary N) is 2. The van der Waals surface area contributed by atoms with Crippen molar-refractivity contribution in [1.29, 1.82) is 0 Å². The Kier molecular flexibility index (Phi) is 5.41. The Morgan fingerprint density at radius 3 is 2.69 bits per heavy atom. The molecule has 0 fully saturated rings. The number of rotatable bonds is 8. The maximum Gasteiger partial charge on any atom is 0.202 e. The van der Waals surface area contributed by atoms with E-state index in [4.69, 9.17) is 15.3 Å². The quantitative estimate of drug-likeness (QED) is 0.265. The maximum atomic E-state index is 10.8. The summed E-state index contributed by atoms with van der Waals surface area (Å²) in [5.41, 5.74) is 9.38. The number of para-hydroxylation sites is 2. The van der Waals surface area contributed by atoms with Gasteiger partial charge in [0.05, 0.1) is 23.7 Å². The summed E-state index contributed by atoms with van der Waals surface area (Å²) in [5.74, 6) is 1.09. The van der Waals surface area contributed by atoms with Crippen LogP contribution in [-0.2, 0) is 6.54 Å². The van der Waals surface area contributed by atoms with E-state index in [1.807, 2.05) is 48.0 Å². The molecule has 0 spiro atoms. The van der Waals surface area contributed by atoms with Gasteiger partial charge >= 0.3 is 0 Å². The second kappa shape index (κ2) is 8.29. The maximum absolute atomic E-state index is 10.8. The Bertz CT molecular complexity index is 1090. The number of hydrogen-bond donors (Lipinski definition) is 4. The molecule has 0 aliphatic heterocycles. The average Bonchev–Trinajstić information content (AvgIpc) is 3.33. The minimum atomic E-state index is -0.743. The van der Waals surface area contributed by atoms with Crippen LogP contribution in [0.5, 0.6) is 0 Å². The standard InChI is InChI=1S/C20H23N7O2/c1-22-10-11-23-19-18(25-29-26-19)20-24-15-4-2-3-5-16(15)27(20)12-17(28)13-6-8-14(21)9-7-13/h2-9,17,22,28H,10-12,21H2,1H3,(H,23,26). The van der Waals surface area contributed by atoms with Gasteiger partial charge in [0.15, 0.2) is 11.5 Å². The summed E-state index contributed by atoms with van der Waals surface area (Å²) in [7, 11) is 1.88. The fourth-order valence-corrected chi connectivity index (χ4v) is 3.19. The molecule has 0 aliphatic carbocycles. The molecule has 1 unspecified atom stereocenters. The highest BCUT2D eigenvalue weighted by molar-refractivity contribution is 5.81. The van der Waals surface area contributed by atoms with Gasteiger partial charge in [0, 0.05) is 18.8 Å². The first-order valence-electron chi connectivity index (χ1n) is 9.37. The first-order chi connectivity index (χ1) is 14.2. The summed E-state index contributed by atoms with van der Waals surface area (Å²) >= 11 is 0. The average molecular weight is 393 g/mol. The molecule has 1 atom stereocenters. The second-order valence-corrected chi connectivity index (χ2v) is 6.71. The van der Waals surface area contributed by atoms with Crippen LogP contribution in [0.3, 0.4) is 0 Å². The highest BCUT2D eigenvalue weighted by atomic mass is 16.6. The lowest BCUT2D eigenvalue weighted by molar-refractivity contribution is 0.158. The van der Waals surface area contributed by atoms with Crippen molar-refractivity contribution in [2.45, 2.75) is 12.6 Å². The van der Waals surface area contributed by atoms with Crippen molar-refractivity contribution in [1.82, 2.24) is 25.2 Å². The Balaban J connectivity index is 1.72. The van der Waals surface area contributed by atoms with Gasteiger partial charge < -0.3 is 26.0 Å². The van der Waals surface area contributed by atoms with Crippen molar-refractivity contribution >= 4 is 22.5 Å². The zero-order chi connectivity index (χ0) is 20.2. The predicted molar refractivity (Wildman–Crippen MR) is 111 cm³/mol. The van der Waals surface area contributed by atoms with E-state index in [1.165, 1.54) is 0 Å². The number of likely N-dealkylation sites (N-methyl/N-ethyl adjacent to an activating group) is 1. The largest absolute Gasteiger partial charge is 0.399 e. The minimum Gasteiger partial charge on any atom is -0.399 e. The molecule has 0 radical (unpaired) electrons. The van der Waals surface area contributed by atoms with Crippen LogP contribution in [0.4, 0.5) is 11.5 Å². The number of hydrogen-bond acceptors (Lipinski definition) is 8. The third-order valence-corrected chi connectivity index (χ3v) is 4.70. The van der Waals surface area contributed by atoms with Gasteiger partial charge in [-0.1, -0.05) is 24.3 Å². The first-order valence-corrected chi connectivity index (χ1v) is 9.37. The molecule has 0 bridgehead atoms. The molecule has 29 heavy (non-hydrogen) atoms. The number of benzene rings is 2. The molecular formula is C20H23N7O2. The highest BCUT2D eigenvalue weighted by Gasteiger charge is 2.22. The summed E-state index contributed by atoms with van der Waals surface area (Å²) in [6, 6.07) is 14.9. The Labute approximate surface area is 167 Å². The van der Waals surface area contributed by atoms with Gasteiger partial charge in [-0.3, -0.25) is 0 Å². The third kappa shape index (κ3) is 3.91. The smallest absolute Gasteiger partial charge is 0.202 e. The van der Waals surface area contributed by atoms with Crippen LogP contribution in [0, 0.1) is 0 Å². The predicted octanol–water partition coefficient (Wildman–Crippen LogP) is 2.03. The van der Waals surface area contributed by atoms with Crippen LogP contribution in [0.15, 0.2) is 53.2 Å². The molecule has 2 aromatic heterocycles. The summed E-state index contributed by atoms with van der Waals surface area (Å²) in [5, 5.41) is 25.1. The van der Waals surface area contributed by atoms with Crippen LogP contribution in [0.1, 0.15) is 11.7 Å². The number of nitrogens with two attached hydrogens (primary N) is 1.